The van der Waals surface area contributed by atoms with Gasteiger partial charge in [-0.25, -0.2) is 0 Å². The van der Waals surface area contributed by atoms with Crippen LogP contribution in [-0.2, 0) is 14.3 Å². The summed E-state index contributed by atoms with van der Waals surface area (Å²) < 4.78 is 10.9. The van der Waals surface area contributed by atoms with Crippen LogP contribution in [0.5, 0.6) is 0 Å². The summed E-state index contributed by atoms with van der Waals surface area (Å²) in [5.41, 5.74) is 0. The van der Waals surface area contributed by atoms with E-state index in [9.17, 15) is 30.3 Å². The minimum atomic E-state index is -1.57. The fourth-order valence-electron chi connectivity index (χ4n) is 4.40. The van der Waals surface area contributed by atoms with E-state index in [0.29, 0.717) is 6.42 Å². The van der Waals surface area contributed by atoms with E-state index in [2.05, 4.69) is 36.5 Å². The number of aliphatic hydroxyl groups is 5. The monoisotopic (exact) mass is 569 g/mol. The van der Waals surface area contributed by atoms with E-state index >= 15 is 0 Å². The van der Waals surface area contributed by atoms with Crippen LogP contribution in [0.3, 0.4) is 0 Å². The van der Waals surface area contributed by atoms with Crippen molar-refractivity contribution in [3.8, 4) is 0 Å². The van der Waals surface area contributed by atoms with Crippen LogP contribution in [0.4, 0.5) is 0 Å². The molecule has 0 bridgehead atoms. The van der Waals surface area contributed by atoms with E-state index < -0.39 is 49.5 Å². The largest absolute Gasteiger partial charge is 0.394 e. The fourth-order valence-corrected chi connectivity index (χ4v) is 4.40. The zero-order valence-electron chi connectivity index (χ0n) is 24.6. The topological polar surface area (TPSA) is 149 Å². The van der Waals surface area contributed by atoms with Gasteiger partial charge in [0.25, 0.3) is 0 Å². The summed E-state index contributed by atoms with van der Waals surface area (Å²) in [6, 6.07) is -0.818. The molecule has 1 heterocycles. The van der Waals surface area contributed by atoms with Crippen molar-refractivity contribution in [2.24, 2.45) is 0 Å². The second kappa shape index (κ2) is 23.0. The van der Waals surface area contributed by atoms with Crippen molar-refractivity contribution in [3.63, 3.8) is 0 Å². The van der Waals surface area contributed by atoms with Crippen molar-refractivity contribution in [2.45, 2.75) is 140 Å². The molecule has 0 saturated carbocycles. The lowest BCUT2D eigenvalue weighted by atomic mass is 9.99. The maximum absolute atomic E-state index is 12.2. The average Bonchev–Trinajstić information content (AvgIpc) is 2.94. The lowest BCUT2D eigenvalue weighted by molar-refractivity contribution is -0.302. The third-order valence-electron chi connectivity index (χ3n) is 6.92. The first-order chi connectivity index (χ1) is 19.3. The number of hydrogen-bond donors (Lipinski definition) is 6. The normalized spacial score (nSPS) is 25.2. The maximum atomic E-state index is 12.2. The molecule has 0 aromatic carbocycles. The third-order valence-corrected chi connectivity index (χ3v) is 6.92. The van der Waals surface area contributed by atoms with E-state index in [-0.39, 0.29) is 18.9 Å². The van der Waals surface area contributed by atoms with E-state index in [1.165, 1.54) is 38.5 Å². The van der Waals surface area contributed by atoms with E-state index in [0.717, 1.165) is 32.1 Å². The van der Waals surface area contributed by atoms with E-state index in [1.54, 1.807) is 6.08 Å². The highest BCUT2D eigenvalue weighted by Gasteiger charge is 2.44. The molecule has 0 aliphatic carbocycles. The Morgan fingerprint density at radius 3 is 2.05 bits per heavy atom. The minimum Gasteiger partial charge on any atom is -0.394 e. The second-order valence-electron chi connectivity index (χ2n) is 10.5. The van der Waals surface area contributed by atoms with Crippen molar-refractivity contribution in [3.05, 3.63) is 36.5 Å². The van der Waals surface area contributed by atoms with Crippen LogP contribution in [-0.4, -0.2) is 87.5 Å². The number of ether oxygens (including phenoxy) is 2. The van der Waals surface area contributed by atoms with Crippen molar-refractivity contribution >= 4 is 5.91 Å². The predicted octanol–water partition coefficient (Wildman–Crippen LogP) is 3.43. The van der Waals surface area contributed by atoms with Gasteiger partial charge in [-0.05, 0) is 44.9 Å². The number of aliphatic hydroxyl groups excluding tert-OH is 5. The Bertz CT molecular complexity index is 726. The molecule has 1 amide bonds. The number of hydrogen-bond acceptors (Lipinski definition) is 8. The highest BCUT2D eigenvalue weighted by atomic mass is 16.7. The van der Waals surface area contributed by atoms with Crippen LogP contribution in [0, 0.1) is 0 Å². The summed E-state index contributed by atoms with van der Waals surface area (Å²) in [5, 5.41) is 52.8. The van der Waals surface area contributed by atoms with Crippen molar-refractivity contribution in [2.75, 3.05) is 13.2 Å². The summed E-state index contributed by atoms with van der Waals surface area (Å²) in [5.74, 6) is -0.249. The smallest absolute Gasteiger partial charge is 0.220 e. The first kappa shape index (κ1) is 36.4. The zero-order chi connectivity index (χ0) is 29.6. The lowest BCUT2D eigenvalue weighted by Gasteiger charge is -2.40. The van der Waals surface area contributed by atoms with Gasteiger partial charge in [-0.15, -0.1) is 0 Å². The van der Waals surface area contributed by atoms with Gasteiger partial charge in [0.15, 0.2) is 6.29 Å². The molecule has 6 N–H and O–H groups in total. The summed E-state index contributed by atoms with van der Waals surface area (Å²) in [4.78, 5) is 12.2. The third kappa shape index (κ3) is 15.4. The second-order valence-corrected chi connectivity index (χ2v) is 10.5. The summed E-state index contributed by atoms with van der Waals surface area (Å²) in [6.45, 7) is 3.33. The van der Waals surface area contributed by atoms with Gasteiger partial charge in [0.1, 0.15) is 24.4 Å². The number of rotatable bonds is 22. The Morgan fingerprint density at radius 1 is 0.825 bits per heavy atom. The predicted molar refractivity (Wildman–Crippen MR) is 156 cm³/mol. The minimum absolute atomic E-state index is 0.212. The van der Waals surface area contributed by atoms with Gasteiger partial charge in [-0.2, -0.15) is 0 Å². The number of carbonyl (C=O) groups excluding carboxylic acids is 1. The van der Waals surface area contributed by atoms with Crippen LogP contribution in [0.25, 0.3) is 0 Å². The average molecular weight is 570 g/mol. The molecule has 7 atom stereocenters. The standard InChI is InChI=1S/C31H55NO8/c1-3-5-6-7-8-9-10-11-12-13-14-15-16-17-18-19-21-25(34)24(32-27(35)20-4-2)23-39-31-30(38)29(37)28(36)26(22-33)40-31/h11-12,15-16,19,21,24-26,28-31,33-34,36-38H,3-10,13-14,17-18,20,22-23H2,1-2H3,(H,32,35)/b12-11+,16-15+,21-19+. The van der Waals surface area contributed by atoms with Gasteiger partial charge in [0.2, 0.25) is 5.91 Å². The molecule has 7 unspecified atom stereocenters. The highest BCUT2D eigenvalue weighted by molar-refractivity contribution is 5.76. The Hall–Kier alpha value is -1.59. The number of allylic oxidation sites excluding steroid dienone is 5. The molecule has 9 heteroatoms. The molecular formula is C31H55NO8. The molecule has 40 heavy (non-hydrogen) atoms. The Kier molecular flexibility index (Phi) is 21.0. The van der Waals surface area contributed by atoms with Gasteiger partial charge in [0.05, 0.1) is 25.4 Å². The SMILES string of the molecule is CCCCCCCC/C=C/CC/C=C/CC/C=C/C(O)C(COC1OC(CO)C(O)C(O)C1O)NC(=O)CCC. The molecular weight excluding hydrogens is 514 g/mol. The van der Waals surface area contributed by atoms with Crippen LogP contribution < -0.4 is 5.32 Å². The molecule has 1 fully saturated rings. The lowest BCUT2D eigenvalue weighted by Crippen LogP contribution is -2.60. The van der Waals surface area contributed by atoms with E-state index in [4.69, 9.17) is 9.47 Å². The molecule has 1 rings (SSSR count). The number of carbonyl (C=O) groups is 1. The summed E-state index contributed by atoms with van der Waals surface area (Å²) >= 11 is 0. The van der Waals surface area contributed by atoms with Crippen LogP contribution in [0.15, 0.2) is 36.5 Å². The zero-order valence-corrected chi connectivity index (χ0v) is 24.6. The van der Waals surface area contributed by atoms with Crippen molar-refractivity contribution in [1.29, 1.82) is 0 Å². The molecule has 1 saturated heterocycles. The molecule has 0 spiro atoms. The quantitative estimate of drug-likeness (QED) is 0.0858. The van der Waals surface area contributed by atoms with Gasteiger partial charge < -0.3 is 40.3 Å². The number of unbranched alkanes of at least 4 members (excludes halogenated alkanes) is 8. The summed E-state index contributed by atoms with van der Waals surface area (Å²) in [7, 11) is 0. The first-order valence-corrected chi connectivity index (χ1v) is 15.2. The molecule has 232 valence electrons. The van der Waals surface area contributed by atoms with E-state index in [1.807, 2.05) is 13.0 Å². The Morgan fingerprint density at radius 2 is 1.43 bits per heavy atom. The molecule has 0 aromatic rings. The molecule has 9 nitrogen and oxygen atoms in total. The first-order valence-electron chi connectivity index (χ1n) is 15.2. The van der Waals surface area contributed by atoms with Crippen LogP contribution >= 0.6 is 0 Å². The number of amides is 1. The fraction of sp³-hybridized carbons (Fsp3) is 0.774. The Balaban J connectivity index is 2.40. The van der Waals surface area contributed by atoms with Crippen LogP contribution in [0.2, 0.25) is 0 Å². The van der Waals surface area contributed by atoms with Gasteiger partial charge in [0, 0.05) is 6.42 Å². The Labute approximate surface area is 241 Å². The van der Waals surface area contributed by atoms with Crippen molar-refractivity contribution < 1.29 is 39.8 Å². The van der Waals surface area contributed by atoms with Gasteiger partial charge >= 0.3 is 0 Å². The number of nitrogens with one attached hydrogen (secondary N) is 1. The molecule has 1 aliphatic rings. The molecule has 1 aliphatic heterocycles. The highest BCUT2D eigenvalue weighted by Crippen LogP contribution is 2.22. The molecule has 0 aromatic heterocycles. The van der Waals surface area contributed by atoms with Crippen molar-refractivity contribution in [1.82, 2.24) is 5.32 Å². The van der Waals surface area contributed by atoms with Gasteiger partial charge in [-0.1, -0.05) is 82.4 Å². The van der Waals surface area contributed by atoms with Crippen LogP contribution in [0.1, 0.15) is 97.3 Å². The van der Waals surface area contributed by atoms with Gasteiger partial charge in [-0.3, -0.25) is 4.79 Å². The maximum Gasteiger partial charge on any atom is 0.220 e. The molecule has 0 radical (unpaired) electrons. The summed E-state index contributed by atoms with van der Waals surface area (Å²) in [6.07, 6.45) is 17.8.